The van der Waals surface area contributed by atoms with Gasteiger partial charge < -0.3 is 10.2 Å². The van der Waals surface area contributed by atoms with Crippen LogP contribution in [0.4, 0.5) is 11.4 Å². The van der Waals surface area contributed by atoms with E-state index in [4.69, 9.17) is 0 Å². The Morgan fingerprint density at radius 3 is 3.00 bits per heavy atom. The van der Waals surface area contributed by atoms with E-state index < -0.39 is 0 Å². The number of nitro benzene ring substituents is 1. The van der Waals surface area contributed by atoms with Crippen LogP contribution < -0.4 is 5.32 Å². The first-order valence-corrected chi connectivity index (χ1v) is 7.50. The zero-order chi connectivity index (χ0) is 13.8. The Kier molecular flexibility index (Phi) is 4.98. The highest BCUT2D eigenvalue weighted by atomic mass is 127. The molecule has 1 aromatic carbocycles. The molecule has 2 rings (SSSR count). The first-order chi connectivity index (χ1) is 9.06. The van der Waals surface area contributed by atoms with E-state index in [0.29, 0.717) is 5.92 Å². The molecule has 0 amide bonds. The highest BCUT2D eigenvalue weighted by Gasteiger charge is 2.17. The van der Waals surface area contributed by atoms with E-state index in [0.717, 1.165) is 22.3 Å². The standard InChI is InChI=1S/C13H18IN3O2/c1-16-6-2-3-10(9-16)8-15-13-5-4-11(17(18)19)7-12(13)14/h4-5,7,10,15H,2-3,6,8-9H2,1H3. The van der Waals surface area contributed by atoms with Crippen LogP contribution in [0.2, 0.25) is 0 Å². The highest BCUT2D eigenvalue weighted by Crippen LogP contribution is 2.24. The molecular weight excluding hydrogens is 357 g/mol. The van der Waals surface area contributed by atoms with Gasteiger partial charge in [-0.1, -0.05) is 0 Å². The fourth-order valence-electron chi connectivity index (χ4n) is 2.46. The fourth-order valence-corrected chi connectivity index (χ4v) is 3.14. The van der Waals surface area contributed by atoms with Gasteiger partial charge in [0, 0.05) is 34.5 Å². The molecule has 1 N–H and O–H groups in total. The van der Waals surface area contributed by atoms with Gasteiger partial charge in [-0.15, -0.1) is 0 Å². The first kappa shape index (κ1) is 14.5. The molecule has 0 spiro atoms. The summed E-state index contributed by atoms with van der Waals surface area (Å²) in [6.07, 6.45) is 2.50. The molecule has 1 heterocycles. The number of anilines is 1. The van der Waals surface area contributed by atoms with Crippen molar-refractivity contribution in [3.63, 3.8) is 0 Å². The van der Waals surface area contributed by atoms with Gasteiger partial charge in [0.15, 0.2) is 0 Å². The van der Waals surface area contributed by atoms with Crippen molar-refractivity contribution < 1.29 is 4.92 Å². The van der Waals surface area contributed by atoms with E-state index in [1.807, 2.05) is 0 Å². The van der Waals surface area contributed by atoms with Crippen molar-refractivity contribution in [3.8, 4) is 0 Å². The summed E-state index contributed by atoms with van der Waals surface area (Å²) in [6.45, 7) is 3.24. The lowest BCUT2D eigenvalue weighted by Gasteiger charge is -2.30. The van der Waals surface area contributed by atoms with Crippen molar-refractivity contribution in [1.29, 1.82) is 0 Å². The lowest BCUT2D eigenvalue weighted by molar-refractivity contribution is -0.384. The average Bonchev–Trinajstić information content (AvgIpc) is 2.37. The molecule has 1 aromatic rings. The van der Waals surface area contributed by atoms with E-state index in [-0.39, 0.29) is 10.6 Å². The molecule has 104 valence electrons. The summed E-state index contributed by atoms with van der Waals surface area (Å²) in [6, 6.07) is 4.96. The number of hydrogen-bond donors (Lipinski definition) is 1. The molecule has 0 bridgehead atoms. The Morgan fingerprint density at radius 2 is 2.37 bits per heavy atom. The number of benzene rings is 1. The molecule has 0 saturated carbocycles. The van der Waals surface area contributed by atoms with Crippen LogP contribution in [0, 0.1) is 19.6 Å². The second-order valence-corrected chi connectivity index (χ2v) is 6.23. The van der Waals surface area contributed by atoms with Crippen LogP contribution in [-0.4, -0.2) is 36.5 Å². The second kappa shape index (κ2) is 6.51. The largest absolute Gasteiger partial charge is 0.384 e. The van der Waals surface area contributed by atoms with Crippen molar-refractivity contribution in [2.45, 2.75) is 12.8 Å². The van der Waals surface area contributed by atoms with Crippen LogP contribution in [0.25, 0.3) is 0 Å². The molecule has 1 aliphatic rings. The van der Waals surface area contributed by atoms with Gasteiger partial charge >= 0.3 is 0 Å². The third-order valence-corrected chi connectivity index (χ3v) is 4.36. The summed E-state index contributed by atoms with van der Waals surface area (Å²) in [5.74, 6) is 0.657. The summed E-state index contributed by atoms with van der Waals surface area (Å²) < 4.78 is 0.899. The quantitative estimate of drug-likeness (QED) is 0.500. The molecule has 1 fully saturated rings. The van der Waals surface area contributed by atoms with Crippen molar-refractivity contribution >= 4 is 34.0 Å². The molecule has 1 aliphatic heterocycles. The highest BCUT2D eigenvalue weighted by molar-refractivity contribution is 14.1. The minimum Gasteiger partial charge on any atom is -0.384 e. The average molecular weight is 375 g/mol. The minimum atomic E-state index is -0.359. The molecule has 6 heteroatoms. The van der Waals surface area contributed by atoms with Gasteiger partial charge in [0.25, 0.3) is 5.69 Å². The monoisotopic (exact) mass is 375 g/mol. The summed E-state index contributed by atoms with van der Waals surface area (Å²) in [5, 5.41) is 14.1. The summed E-state index contributed by atoms with van der Waals surface area (Å²) >= 11 is 2.14. The number of nitro groups is 1. The SMILES string of the molecule is CN1CCCC(CNc2ccc([N+](=O)[O-])cc2I)C1. The lowest BCUT2D eigenvalue weighted by Crippen LogP contribution is -2.35. The number of halogens is 1. The molecule has 1 unspecified atom stereocenters. The number of likely N-dealkylation sites (tertiary alicyclic amines) is 1. The minimum absolute atomic E-state index is 0.146. The van der Waals surface area contributed by atoms with Gasteiger partial charge in [-0.3, -0.25) is 10.1 Å². The zero-order valence-electron chi connectivity index (χ0n) is 10.9. The first-order valence-electron chi connectivity index (χ1n) is 6.42. The van der Waals surface area contributed by atoms with Gasteiger partial charge in [0.1, 0.15) is 0 Å². The predicted octanol–water partition coefficient (Wildman–Crippen LogP) is 2.95. The molecule has 0 aliphatic carbocycles. The Bertz CT molecular complexity index is 467. The zero-order valence-corrected chi connectivity index (χ0v) is 13.1. The van der Waals surface area contributed by atoms with Crippen LogP contribution >= 0.6 is 22.6 Å². The Labute approximate surface area is 126 Å². The number of nitrogens with zero attached hydrogens (tertiary/aromatic N) is 2. The molecule has 0 aromatic heterocycles. The molecule has 5 nitrogen and oxygen atoms in total. The van der Waals surface area contributed by atoms with Crippen molar-refractivity contribution in [2.24, 2.45) is 5.92 Å². The summed E-state index contributed by atoms with van der Waals surface area (Å²) in [5.41, 5.74) is 1.13. The van der Waals surface area contributed by atoms with Gasteiger partial charge in [-0.25, -0.2) is 0 Å². The number of nitrogens with one attached hydrogen (secondary N) is 1. The van der Waals surface area contributed by atoms with Crippen molar-refractivity contribution in [2.75, 3.05) is 32.0 Å². The molecular formula is C13H18IN3O2. The third kappa shape index (κ3) is 4.04. The topological polar surface area (TPSA) is 58.4 Å². The molecule has 1 atom stereocenters. The normalized spacial score (nSPS) is 20.2. The lowest BCUT2D eigenvalue weighted by atomic mass is 9.98. The fraction of sp³-hybridized carbons (Fsp3) is 0.538. The van der Waals surface area contributed by atoms with Gasteiger partial charge in [0.05, 0.1) is 4.92 Å². The Hall–Kier alpha value is -0.890. The summed E-state index contributed by atoms with van der Waals surface area (Å²) in [4.78, 5) is 12.7. The maximum Gasteiger partial charge on any atom is 0.270 e. The van der Waals surface area contributed by atoms with Crippen LogP contribution in [0.1, 0.15) is 12.8 Å². The van der Waals surface area contributed by atoms with E-state index in [1.54, 1.807) is 18.2 Å². The van der Waals surface area contributed by atoms with Gasteiger partial charge in [0.2, 0.25) is 0 Å². The summed E-state index contributed by atoms with van der Waals surface area (Å²) in [7, 11) is 2.15. The third-order valence-electron chi connectivity index (χ3n) is 3.47. The Balaban J connectivity index is 1.94. The van der Waals surface area contributed by atoms with E-state index >= 15 is 0 Å². The van der Waals surface area contributed by atoms with Crippen LogP contribution in [0.15, 0.2) is 18.2 Å². The number of rotatable bonds is 4. The molecule has 19 heavy (non-hydrogen) atoms. The van der Waals surface area contributed by atoms with E-state index in [1.165, 1.54) is 19.4 Å². The van der Waals surface area contributed by atoms with Crippen LogP contribution in [-0.2, 0) is 0 Å². The van der Waals surface area contributed by atoms with Crippen LogP contribution in [0.5, 0.6) is 0 Å². The molecule has 1 saturated heterocycles. The maximum atomic E-state index is 10.7. The van der Waals surface area contributed by atoms with Gasteiger partial charge in [-0.05, 0) is 61.0 Å². The Morgan fingerprint density at radius 1 is 1.58 bits per heavy atom. The van der Waals surface area contributed by atoms with Gasteiger partial charge in [-0.2, -0.15) is 0 Å². The van der Waals surface area contributed by atoms with E-state index in [9.17, 15) is 10.1 Å². The smallest absolute Gasteiger partial charge is 0.270 e. The number of non-ortho nitro benzene ring substituents is 1. The van der Waals surface area contributed by atoms with Crippen molar-refractivity contribution in [3.05, 3.63) is 31.9 Å². The number of piperidine rings is 1. The number of hydrogen-bond acceptors (Lipinski definition) is 4. The maximum absolute atomic E-state index is 10.7. The molecule has 0 radical (unpaired) electrons. The van der Waals surface area contributed by atoms with E-state index in [2.05, 4.69) is 39.9 Å². The van der Waals surface area contributed by atoms with Crippen LogP contribution in [0.3, 0.4) is 0 Å². The van der Waals surface area contributed by atoms with Crippen molar-refractivity contribution in [1.82, 2.24) is 4.90 Å². The predicted molar refractivity (Wildman–Crippen MR) is 84.5 cm³/mol. The second-order valence-electron chi connectivity index (χ2n) is 5.07.